The first-order valence-corrected chi connectivity index (χ1v) is 7.31. The fourth-order valence-corrected chi connectivity index (χ4v) is 2.94. The van der Waals surface area contributed by atoms with E-state index in [1.165, 1.54) is 0 Å². The predicted molar refractivity (Wildman–Crippen MR) is 74.8 cm³/mol. The molecule has 2 rings (SSSR count). The molecular formula is C14H17BrF3NO. The zero-order chi connectivity index (χ0) is 14.8. The Balaban J connectivity index is 1.97. The molecule has 0 aliphatic carbocycles. The zero-order valence-corrected chi connectivity index (χ0v) is 12.8. The minimum Gasteiger partial charge on any atom is -0.496 e. The summed E-state index contributed by atoms with van der Waals surface area (Å²) in [7, 11) is 1.60. The van der Waals surface area contributed by atoms with Crippen LogP contribution in [0.25, 0.3) is 0 Å². The van der Waals surface area contributed by atoms with Crippen LogP contribution < -0.4 is 4.74 Å². The number of rotatable bonds is 3. The van der Waals surface area contributed by atoms with Crippen molar-refractivity contribution in [1.29, 1.82) is 0 Å². The van der Waals surface area contributed by atoms with Crippen LogP contribution in [0.5, 0.6) is 5.75 Å². The van der Waals surface area contributed by atoms with Crippen molar-refractivity contribution in [3.8, 4) is 5.75 Å². The lowest BCUT2D eigenvalue weighted by molar-refractivity contribution is -0.185. The van der Waals surface area contributed by atoms with E-state index >= 15 is 0 Å². The molecule has 0 bridgehead atoms. The van der Waals surface area contributed by atoms with E-state index in [0.29, 0.717) is 19.6 Å². The highest BCUT2D eigenvalue weighted by Gasteiger charge is 2.40. The average molecular weight is 352 g/mol. The lowest BCUT2D eigenvalue weighted by atomic mass is 9.96. The van der Waals surface area contributed by atoms with E-state index in [4.69, 9.17) is 4.74 Å². The third-order valence-corrected chi connectivity index (χ3v) is 4.18. The number of benzene rings is 1. The van der Waals surface area contributed by atoms with Gasteiger partial charge in [0.2, 0.25) is 0 Å². The number of halogens is 4. The number of methoxy groups -OCH3 is 1. The molecule has 0 saturated carbocycles. The molecule has 1 aliphatic heterocycles. The molecule has 0 aromatic heterocycles. The first-order chi connectivity index (χ1) is 9.40. The normalized spacial score (nSPS) is 18.2. The van der Waals surface area contributed by atoms with Gasteiger partial charge in [-0.25, -0.2) is 0 Å². The van der Waals surface area contributed by atoms with Crippen LogP contribution in [-0.4, -0.2) is 31.3 Å². The molecule has 112 valence electrons. The topological polar surface area (TPSA) is 12.5 Å². The highest BCUT2D eigenvalue weighted by atomic mass is 79.9. The van der Waals surface area contributed by atoms with Crippen molar-refractivity contribution in [3.63, 3.8) is 0 Å². The second kappa shape index (κ2) is 6.35. The molecule has 0 atom stereocenters. The van der Waals surface area contributed by atoms with Gasteiger partial charge in [0.25, 0.3) is 0 Å². The van der Waals surface area contributed by atoms with Gasteiger partial charge in [0.1, 0.15) is 5.75 Å². The molecule has 0 amide bonds. The first-order valence-electron chi connectivity index (χ1n) is 6.51. The number of hydrogen-bond donors (Lipinski definition) is 0. The Hall–Kier alpha value is -0.750. The van der Waals surface area contributed by atoms with Crippen molar-refractivity contribution in [2.45, 2.75) is 25.6 Å². The first kappa shape index (κ1) is 15.6. The van der Waals surface area contributed by atoms with Gasteiger partial charge in [-0.1, -0.05) is 15.9 Å². The third-order valence-electron chi connectivity index (χ3n) is 3.69. The van der Waals surface area contributed by atoms with E-state index in [0.717, 1.165) is 15.8 Å². The van der Waals surface area contributed by atoms with Crippen LogP contribution in [-0.2, 0) is 6.54 Å². The summed E-state index contributed by atoms with van der Waals surface area (Å²) < 4.78 is 44.1. The molecule has 1 aliphatic rings. The number of hydrogen-bond acceptors (Lipinski definition) is 2. The molecule has 1 aromatic rings. The predicted octanol–water partition coefficient (Wildman–Crippen LogP) is 4.23. The Morgan fingerprint density at radius 3 is 2.50 bits per heavy atom. The highest BCUT2D eigenvalue weighted by molar-refractivity contribution is 9.10. The minimum absolute atomic E-state index is 0.180. The van der Waals surface area contributed by atoms with Gasteiger partial charge in [0.05, 0.1) is 13.0 Å². The lowest BCUT2D eigenvalue weighted by Crippen LogP contribution is -2.38. The number of nitrogens with zero attached hydrogens (tertiary/aromatic N) is 1. The monoisotopic (exact) mass is 351 g/mol. The smallest absolute Gasteiger partial charge is 0.391 e. The van der Waals surface area contributed by atoms with E-state index in [9.17, 15) is 13.2 Å². The van der Waals surface area contributed by atoms with Crippen LogP contribution in [0, 0.1) is 5.92 Å². The number of ether oxygens (including phenoxy) is 1. The van der Waals surface area contributed by atoms with Crippen molar-refractivity contribution in [1.82, 2.24) is 4.90 Å². The molecule has 1 aromatic carbocycles. The number of likely N-dealkylation sites (tertiary alicyclic amines) is 1. The zero-order valence-electron chi connectivity index (χ0n) is 11.2. The molecule has 1 fully saturated rings. The number of alkyl halides is 3. The van der Waals surface area contributed by atoms with Crippen molar-refractivity contribution in [2.75, 3.05) is 20.2 Å². The lowest BCUT2D eigenvalue weighted by Gasteiger charge is -2.33. The summed E-state index contributed by atoms with van der Waals surface area (Å²) in [5.41, 5.74) is 0.993. The van der Waals surface area contributed by atoms with E-state index in [-0.39, 0.29) is 12.8 Å². The van der Waals surface area contributed by atoms with Crippen molar-refractivity contribution in [3.05, 3.63) is 28.2 Å². The van der Waals surface area contributed by atoms with Gasteiger partial charge < -0.3 is 4.74 Å². The third kappa shape index (κ3) is 3.88. The summed E-state index contributed by atoms with van der Waals surface area (Å²) in [4.78, 5) is 2.05. The van der Waals surface area contributed by atoms with Gasteiger partial charge in [-0.15, -0.1) is 0 Å². The second-order valence-corrected chi connectivity index (χ2v) is 5.96. The van der Waals surface area contributed by atoms with Crippen molar-refractivity contribution < 1.29 is 17.9 Å². The molecule has 6 heteroatoms. The molecule has 2 nitrogen and oxygen atoms in total. The van der Waals surface area contributed by atoms with Crippen LogP contribution in [0.3, 0.4) is 0 Å². The van der Waals surface area contributed by atoms with Crippen LogP contribution in [0.2, 0.25) is 0 Å². The Bertz CT molecular complexity index is 456. The van der Waals surface area contributed by atoms with Gasteiger partial charge in [-0.2, -0.15) is 13.2 Å². The standard InChI is InChI=1S/C14H17BrF3NO/c1-20-13-3-2-12(15)8-10(13)9-19-6-4-11(5-7-19)14(16,17)18/h2-3,8,11H,4-7,9H2,1H3. The van der Waals surface area contributed by atoms with Crippen molar-refractivity contribution >= 4 is 15.9 Å². The highest BCUT2D eigenvalue weighted by Crippen LogP contribution is 2.35. The maximum absolute atomic E-state index is 12.6. The Morgan fingerprint density at radius 2 is 1.95 bits per heavy atom. The summed E-state index contributed by atoms with van der Waals surface area (Å²) in [6.45, 7) is 1.56. The SMILES string of the molecule is COc1ccc(Br)cc1CN1CCC(C(F)(F)F)CC1. The van der Waals surface area contributed by atoms with Gasteiger partial charge >= 0.3 is 6.18 Å². The van der Waals surface area contributed by atoms with Gasteiger partial charge in [-0.05, 0) is 44.1 Å². The van der Waals surface area contributed by atoms with Crippen LogP contribution in [0.1, 0.15) is 18.4 Å². The van der Waals surface area contributed by atoms with Gasteiger partial charge in [0.15, 0.2) is 0 Å². The summed E-state index contributed by atoms with van der Waals surface area (Å²) in [6, 6.07) is 5.70. The van der Waals surface area contributed by atoms with Crippen molar-refractivity contribution in [2.24, 2.45) is 5.92 Å². The fraction of sp³-hybridized carbons (Fsp3) is 0.571. The van der Waals surface area contributed by atoms with E-state index < -0.39 is 12.1 Å². The van der Waals surface area contributed by atoms with E-state index in [1.54, 1.807) is 7.11 Å². The molecule has 0 N–H and O–H groups in total. The van der Waals surface area contributed by atoms with Crippen LogP contribution in [0.15, 0.2) is 22.7 Å². The Kier molecular flexibility index (Phi) is 4.96. The van der Waals surface area contributed by atoms with Crippen LogP contribution >= 0.6 is 15.9 Å². The average Bonchev–Trinajstić information content (AvgIpc) is 2.38. The molecule has 0 unspecified atom stereocenters. The van der Waals surface area contributed by atoms with Gasteiger partial charge in [-0.3, -0.25) is 4.90 Å². The molecule has 0 spiro atoms. The largest absolute Gasteiger partial charge is 0.496 e. The summed E-state index contributed by atoms with van der Waals surface area (Å²) in [6.07, 6.45) is -3.70. The maximum Gasteiger partial charge on any atom is 0.391 e. The van der Waals surface area contributed by atoms with Crippen LogP contribution in [0.4, 0.5) is 13.2 Å². The van der Waals surface area contributed by atoms with Gasteiger partial charge in [0, 0.05) is 16.6 Å². The van der Waals surface area contributed by atoms with E-state index in [2.05, 4.69) is 15.9 Å². The quantitative estimate of drug-likeness (QED) is 0.807. The summed E-state index contributed by atoms with van der Waals surface area (Å²) >= 11 is 3.40. The fourth-order valence-electron chi connectivity index (χ4n) is 2.53. The van der Waals surface area contributed by atoms with E-state index in [1.807, 2.05) is 23.1 Å². The molecule has 20 heavy (non-hydrogen) atoms. The molecule has 1 heterocycles. The number of piperidine rings is 1. The molecule has 1 saturated heterocycles. The molecular weight excluding hydrogens is 335 g/mol. The maximum atomic E-state index is 12.6. The summed E-state index contributed by atoms with van der Waals surface area (Å²) in [5.74, 6) is -0.380. The Labute approximate surface area is 125 Å². The molecule has 0 radical (unpaired) electrons. The Morgan fingerprint density at radius 1 is 1.30 bits per heavy atom. The second-order valence-electron chi connectivity index (χ2n) is 5.05. The minimum atomic E-state index is -4.06. The summed E-state index contributed by atoms with van der Waals surface area (Å²) in [5, 5.41) is 0.